The van der Waals surface area contributed by atoms with E-state index >= 15 is 0 Å². The van der Waals surface area contributed by atoms with Gasteiger partial charge in [0.05, 0.1) is 26.3 Å². The van der Waals surface area contributed by atoms with E-state index in [9.17, 15) is 4.79 Å². The van der Waals surface area contributed by atoms with Crippen LogP contribution in [-0.2, 0) is 9.63 Å². The fraction of sp³-hybridized carbons (Fsp3) is 0.773. The van der Waals surface area contributed by atoms with Gasteiger partial charge in [-0.05, 0) is 38.5 Å². The lowest BCUT2D eigenvalue weighted by molar-refractivity contribution is -0.194. The number of aliphatic hydroxyl groups is 2. The van der Waals surface area contributed by atoms with Crippen LogP contribution in [-0.4, -0.2) is 47.5 Å². The molecule has 0 saturated carbocycles. The van der Waals surface area contributed by atoms with Crippen molar-refractivity contribution in [3.05, 3.63) is 24.3 Å². The molecule has 0 aliphatic rings. The summed E-state index contributed by atoms with van der Waals surface area (Å²) in [6.45, 7) is 2.49. The molecule has 0 spiro atoms. The SMILES string of the molecule is CCCCC/C=C\C/C=C\CCCCCCCC(=O)ON(CCO)CCO. The van der Waals surface area contributed by atoms with Crippen LogP contribution in [0, 0.1) is 0 Å². The average molecular weight is 384 g/mol. The first kappa shape index (κ1) is 25.8. The molecule has 0 fully saturated rings. The molecule has 0 aliphatic heterocycles. The number of hydrogen-bond acceptors (Lipinski definition) is 5. The van der Waals surface area contributed by atoms with Gasteiger partial charge in [0, 0.05) is 6.42 Å². The zero-order chi connectivity index (χ0) is 20.0. The molecule has 2 N–H and O–H groups in total. The zero-order valence-corrected chi connectivity index (χ0v) is 17.3. The van der Waals surface area contributed by atoms with E-state index < -0.39 is 0 Å². The molecule has 0 rings (SSSR count). The molecule has 0 aliphatic carbocycles. The molecule has 0 unspecified atom stereocenters. The highest BCUT2D eigenvalue weighted by molar-refractivity contribution is 5.68. The fourth-order valence-electron chi connectivity index (χ4n) is 2.70. The summed E-state index contributed by atoms with van der Waals surface area (Å²) in [6, 6.07) is 0. The van der Waals surface area contributed by atoms with Crippen LogP contribution < -0.4 is 0 Å². The predicted molar refractivity (Wildman–Crippen MR) is 111 cm³/mol. The van der Waals surface area contributed by atoms with E-state index in [0.717, 1.165) is 32.1 Å². The van der Waals surface area contributed by atoms with Crippen molar-refractivity contribution in [1.82, 2.24) is 5.06 Å². The van der Waals surface area contributed by atoms with Crippen LogP contribution in [0.4, 0.5) is 0 Å². The van der Waals surface area contributed by atoms with Crippen molar-refractivity contribution in [3.63, 3.8) is 0 Å². The third-order valence-corrected chi connectivity index (χ3v) is 4.26. The van der Waals surface area contributed by atoms with Gasteiger partial charge in [0.25, 0.3) is 0 Å². The van der Waals surface area contributed by atoms with E-state index in [1.807, 2.05) is 0 Å². The predicted octanol–water partition coefficient (Wildman–Crippen LogP) is 4.54. The first-order valence-electron chi connectivity index (χ1n) is 10.7. The molecule has 27 heavy (non-hydrogen) atoms. The number of aliphatic hydroxyl groups excluding tert-OH is 2. The highest BCUT2D eigenvalue weighted by Gasteiger charge is 2.10. The normalized spacial score (nSPS) is 11.9. The Morgan fingerprint density at radius 3 is 1.96 bits per heavy atom. The summed E-state index contributed by atoms with van der Waals surface area (Å²) in [7, 11) is 0. The summed E-state index contributed by atoms with van der Waals surface area (Å²) in [5.74, 6) is -0.289. The van der Waals surface area contributed by atoms with Crippen LogP contribution in [0.25, 0.3) is 0 Å². The van der Waals surface area contributed by atoms with Crippen LogP contribution in [0.3, 0.4) is 0 Å². The molecule has 0 aromatic rings. The van der Waals surface area contributed by atoms with E-state index in [1.165, 1.54) is 43.6 Å². The van der Waals surface area contributed by atoms with Gasteiger partial charge in [0.15, 0.2) is 0 Å². The van der Waals surface area contributed by atoms with Crippen molar-refractivity contribution < 1.29 is 19.8 Å². The maximum atomic E-state index is 11.7. The molecular formula is C22H41NO4. The Bertz CT molecular complexity index is 377. The number of nitrogens with zero attached hydrogens (tertiary/aromatic N) is 1. The minimum Gasteiger partial charge on any atom is -0.395 e. The second kappa shape index (κ2) is 21.1. The molecule has 0 amide bonds. The lowest BCUT2D eigenvalue weighted by Crippen LogP contribution is -2.32. The van der Waals surface area contributed by atoms with Crippen LogP contribution >= 0.6 is 0 Å². The largest absolute Gasteiger partial charge is 0.395 e. The molecule has 5 heteroatoms. The van der Waals surface area contributed by atoms with E-state index in [0.29, 0.717) is 6.42 Å². The van der Waals surface area contributed by atoms with Crippen LogP contribution in [0.5, 0.6) is 0 Å². The quantitative estimate of drug-likeness (QED) is 0.195. The second-order valence-corrected chi connectivity index (χ2v) is 6.82. The van der Waals surface area contributed by atoms with Crippen molar-refractivity contribution in [2.75, 3.05) is 26.3 Å². The van der Waals surface area contributed by atoms with Gasteiger partial charge in [-0.2, -0.15) is 0 Å². The number of unbranched alkanes of at least 4 members (excludes halogenated alkanes) is 8. The Morgan fingerprint density at radius 2 is 1.37 bits per heavy atom. The third kappa shape index (κ3) is 19.4. The number of carbonyl (C=O) groups is 1. The first-order chi connectivity index (χ1) is 13.2. The summed E-state index contributed by atoms with van der Waals surface area (Å²) in [6.07, 6.45) is 22.1. The Hall–Kier alpha value is -1.17. The summed E-state index contributed by atoms with van der Waals surface area (Å²) >= 11 is 0. The van der Waals surface area contributed by atoms with E-state index in [-0.39, 0.29) is 32.3 Å². The molecule has 0 bridgehead atoms. The van der Waals surface area contributed by atoms with Crippen LogP contribution in [0.1, 0.15) is 84.0 Å². The molecule has 0 aromatic heterocycles. The van der Waals surface area contributed by atoms with Crippen molar-refractivity contribution in [1.29, 1.82) is 0 Å². The van der Waals surface area contributed by atoms with Gasteiger partial charge in [-0.3, -0.25) is 4.79 Å². The van der Waals surface area contributed by atoms with E-state index in [1.54, 1.807) is 0 Å². The zero-order valence-electron chi connectivity index (χ0n) is 17.3. The minimum atomic E-state index is -0.289. The summed E-state index contributed by atoms with van der Waals surface area (Å²) in [5.41, 5.74) is 0. The van der Waals surface area contributed by atoms with Gasteiger partial charge in [-0.1, -0.05) is 63.3 Å². The van der Waals surface area contributed by atoms with Gasteiger partial charge in [0.2, 0.25) is 0 Å². The number of hydrogen-bond donors (Lipinski definition) is 2. The molecule has 0 aromatic carbocycles. The van der Waals surface area contributed by atoms with Gasteiger partial charge >= 0.3 is 5.97 Å². The maximum absolute atomic E-state index is 11.7. The maximum Gasteiger partial charge on any atom is 0.325 e. The highest BCUT2D eigenvalue weighted by Crippen LogP contribution is 2.09. The molecule has 0 heterocycles. The van der Waals surface area contributed by atoms with Crippen LogP contribution in [0.2, 0.25) is 0 Å². The van der Waals surface area contributed by atoms with Crippen molar-refractivity contribution in [2.45, 2.75) is 84.0 Å². The minimum absolute atomic E-state index is 0.100. The lowest BCUT2D eigenvalue weighted by atomic mass is 10.1. The standard InChI is InChI=1S/C22H41NO4/c1-2-3-4-5-6-7-8-9-10-11-12-13-14-15-16-17-22(26)27-23(18-20-24)19-21-25/h6-7,9-10,24-25H,2-5,8,11-21H2,1H3/b7-6-,10-9-. The highest BCUT2D eigenvalue weighted by atomic mass is 16.7. The number of rotatable bonds is 19. The van der Waals surface area contributed by atoms with Crippen molar-refractivity contribution in [3.8, 4) is 0 Å². The van der Waals surface area contributed by atoms with Gasteiger partial charge < -0.3 is 15.1 Å². The molecule has 0 saturated heterocycles. The van der Waals surface area contributed by atoms with E-state index in [4.69, 9.17) is 15.1 Å². The second-order valence-electron chi connectivity index (χ2n) is 6.82. The number of carbonyl (C=O) groups excluding carboxylic acids is 1. The molecule has 0 radical (unpaired) electrons. The Balaban J connectivity index is 3.45. The summed E-state index contributed by atoms with van der Waals surface area (Å²) in [4.78, 5) is 16.8. The monoisotopic (exact) mass is 383 g/mol. The summed E-state index contributed by atoms with van der Waals surface area (Å²) < 4.78 is 0. The Morgan fingerprint density at radius 1 is 0.815 bits per heavy atom. The van der Waals surface area contributed by atoms with Gasteiger partial charge in [-0.15, -0.1) is 5.06 Å². The Kier molecular flexibility index (Phi) is 20.2. The van der Waals surface area contributed by atoms with Crippen LogP contribution in [0.15, 0.2) is 24.3 Å². The van der Waals surface area contributed by atoms with Gasteiger partial charge in [0.1, 0.15) is 0 Å². The third-order valence-electron chi connectivity index (χ3n) is 4.26. The lowest BCUT2D eigenvalue weighted by Gasteiger charge is -2.18. The Labute approximate surface area is 166 Å². The van der Waals surface area contributed by atoms with E-state index in [2.05, 4.69) is 31.2 Å². The smallest absolute Gasteiger partial charge is 0.325 e. The van der Waals surface area contributed by atoms with Crippen molar-refractivity contribution >= 4 is 5.97 Å². The molecular weight excluding hydrogens is 342 g/mol. The molecule has 158 valence electrons. The average Bonchev–Trinajstić information content (AvgIpc) is 2.65. The number of hydroxylamine groups is 2. The molecule has 0 atom stereocenters. The van der Waals surface area contributed by atoms with Gasteiger partial charge in [-0.25, -0.2) is 0 Å². The number of allylic oxidation sites excluding steroid dienone is 4. The fourth-order valence-corrected chi connectivity index (χ4v) is 2.70. The summed E-state index contributed by atoms with van der Waals surface area (Å²) in [5, 5.41) is 19.1. The van der Waals surface area contributed by atoms with Crippen molar-refractivity contribution in [2.24, 2.45) is 0 Å². The topological polar surface area (TPSA) is 70.0 Å². The molecule has 5 nitrogen and oxygen atoms in total. The first-order valence-corrected chi connectivity index (χ1v) is 10.7.